The molecule has 8 heteroatoms. The number of aromatic nitrogens is 2. The Morgan fingerprint density at radius 1 is 1.17 bits per heavy atom. The lowest BCUT2D eigenvalue weighted by Crippen LogP contribution is -2.13. The Kier molecular flexibility index (Phi) is 4.42. The largest absolute Gasteiger partial charge is 0.420 e. The summed E-state index contributed by atoms with van der Waals surface area (Å²) >= 11 is 1.10. The van der Waals surface area contributed by atoms with Crippen LogP contribution in [0.4, 0.5) is 5.69 Å². The quantitative estimate of drug-likeness (QED) is 0.746. The van der Waals surface area contributed by atoms with Gasteiger partial charge in [0.05, 0.1) is 10.6 Å². The molecule has 0 saturated carbocycles. The maximum atomic E-state index is 12.7. The van der Waals surface area contributed by atoms with Gasteiger partial charge in [-0.25, -0.2) is 8.42 Å². The van der Waals surface area contributed by atoms with E-state index in [0.717, 1.165) is 28.9 Å². The summed E-state index contributed by atoms with van der Waals surface area (Å²) in [5, 5.41) is 7.68. The molecule has 0 amide bonds. The summed E-state index contributed by atoms with van der Waals surface area (Å²) < 4.78 is 33.7. The van der Waals surface area contributed by atoms with E-state index in [1.54, 1.807) is 19.1 Å². The van der Waals surface area contributed by atoms with Gasteiger partial charge < -0.3 is 4.42 Å². The van der Waals surface area contributed by atoms with Crippen LogP contribution in [0.15, 0.2) is 39.0 Å². The zero-order chi connectivity index (χ0) is 17.3. The highest BCUT2D eigenvalue weighted by Crippen LogP contribution is 2.32. The van der Waals surface area contributed by atoms with Crippen LogP contribution < -0.4 is 4.72 Å². The molecule has 1 N–H and O–H groups in total. The summed E-state index contributed by atoms with van der Waals surface area (Å²) in [5.74, 6) is 0.762. The van der Waals surface area contributed by atoms with Crippen LogP contribution in [0.3, 0.4) is 0 Å². The molecule has 0 radical (unpaired) electrons. The first-order valence-corrected chi connectivity index (χ1v) is 9.72. The second-order valence-electron chi connectivity index (χ2n) is 5.31. The topological polar surface area (TPSA) is 85.1 Å². The van der Waals surface area contributed by atoms with E-state index in [4.69, 9.17) is 4.42 Å². The summed E-state index contributed by atoms with van der Waals surface area (Å²) in [6.07, 6.45) is 0.747. The predicted molar refractivity (Wildman–Crippen MR) is 93.7 cm³/mol. The molecular formula is C16H17N3O3S2. The lowest BCUT2D eigenvalue weighted by Gasteiger charge is -2.13. The second-order valence-corrected chi connectivity index (χ2v) is 8.31. The first kappa shape index (κ1) is 16.7. The van der Waals surface area contributed by atoms with Gasteiger partial charge in [0.1, 0.15) is 4.21 Å². The third-order valence-corrected chi connectivity index (χ3v) is 6.47. The highest BCUT2D eigenvalue weighted by atomic mass is 32.2. The van der Waals surface area contributed by atoms with E-state index in [-0.39, 0.29) is 4.21 Å². The Hall–Kier alpha value is -2.19. The minimum absolute atomic E-state index is 0.207. The van der Waals surface area contributed by atoms with Crippen LogP contribution in [0.2, 0.25) is 0 Å². The minimum Gasteiger partial charge on any atom is -0.420 e. The third-order valence-electron chi connectivity index (χ3n) is 3.56. The van der Waals surface area contributed by atoms with Crippen molar-refractivity contribution in [2.75, 3.05) is 4.72 Å². The summed E-state index contributed by atoms with van der Waals surface area (Å²) in [6.45, 7) is 5.57. The molecule has 126 valence electrons. The first-order chi connectivity index (χ1) is 11.4. The number of rotatable bonds is 5. The van der Waals surface area contributed by atoms with Crippen LogP contribution >= 0.6 is 11.3 Å². The third kappa shape index (κ3) is 3.20. The Morgan fingerprint density at radius 3 is 2.62 bits per heavy atom. The normalized spacial score (nSPS) is 11.6. The number of para-hydroxylation sites is 1. The van der Waals surface area contributed by atoms with E-state index in [2.05, 4.69) is 14.9 Å². The molecule has 1 aromatic carbocycles. The van der Waals surface area contributed by atoms with Gasteiger partial charge in [-0.2, -0.15) is 0 Å². The van der Waals surface area contributed by atoms with E-state index in [0.29, 0.717) is 22.3 Å². The van der Waals surface area contributed by atoms with Crippen molar-refractivity contribution in [2.24, 2.45) is 0 Å². The van der Waals surface area contributed by atoms with Gasteiger partial charge in [0.15, 0.2) is 0 Å². The number of aryl methyl sites for hydroxylation is 3. The molecule has 0 aliphatic heterocycles. The van der Waals surface area contributed by atoms with E-state index in [9.17, 15) is 8.42 Å². The molecular weight excluding hydrogens is 346 g/mol. The Labute approximate surface area is 144 Å². The van der Waals surface area contributed by atoms with Gasteiger partial charge in [0.2, 0.25) is 5.89 Å². The number of nitrogens with zero attached hydrogens (tertiary/aromatic N) is 2. The molecule has 0 fully saturated rings. The molecule has 0 spiro atoms. The fourth-order valence-electron chi connectivity index (χ4n) is 2.33. The van der Waals surface area contributed by atoms with Gasteiger partial charge in [0.25, 0.3) is 15.9 Å². The zero-order valence-corrected chi connectivity index (χ0v) is 15.2. The van der Waals surface area contributed by atoms with Crippen LogP contribution in [0.1, 0.15) is 23.9 Å². The Bertz CT molecular complexity index is 974. The Morgan fingerprint density at radius 2 is 1.96 bits per heavy atom. The molecule has 24 heavy (non-hydrogen) atoms. The van der Waals surface area contributed by atoms with Gasteiger partial charge in [-0.3, -0.25) is 4.72 Å². The molecule has 0 bridgehead atoms. The number of benzene rings is 1. The molecule has 2 aromatic heterocycles. The molecule has 6 nitrogen and oxygen atoms in total. The van der Waals surface area contributed by atoms with Crippen molar-refractivity contribution in [3.8, 4) is 10.8 Å². The van der Waals surface area contributed by atoms with Gasteiger partial charge in [-0.1, -0.05) is 25.1 Å². The van der Waals surface area contributed by atoms with E-state index in [1.165, 1.54) is 0 Å². The first-order valence-electron chi connectivity index (χ1n) is 7.42. The second kappa shape index (κ2) is 6.37. The molecule has 0 aliphatic rings. The highest BCUT2D eigenvalue weighted by molar-refractivity contribution is 7.94. The summed E-state index contributed by atoms with van der Waals surface area (Å²) in [6, 6.07) is 8.95. The van der Waals surface area contributed by atoms with E-state index >= 15 is 0 Å². The van der Waals surface area contributed by atoms with Crippen molar-refractivity contribution >= 4 is 27.0 Å². The van der Waals surface area contributed by atoms with Crippen LogP contribution in [0.5, 0.6) is 0 Å². The zero-order valence-electron chi connectivity index (χ0n) is 13.5. The predicted octanol–water partition coefficient (Wildman–Crippen LogP) is 3.78. The van der Waals surface area contributed by atoms with Crippen molar-refractivity contribution < 1.29 is 12.8 Å². The highest BCUT2D eigenvalue weighted by Gasteiger charge is 2.21. The number of anilines is 1. The molecule has 0 aliphatic carbocycles. The summed E-state index contributed by atoms with van der Waals surface area (Å²) in [5.41, 5.74) is 2.49. The number of thiophene rings is 1. The molecule has 0 saturated heterocycles. The molecule has 3 rings (SSSR count). The van der Waals surface area contributed by atoms with Crippen molar-refractivity contribution in [1.29, 1.82) is 0 Å². The van der Waals surface area contributed by atoms with Crippen molar-refractivity contribution in [3.63, 3.8) is 0 Å². The average molecular weight is 363 g/mol. The van der Waals surface area contributed by atoms with E-state index < -0.39 is 10.0 Å². The average Bonchev–Trinajstić information content (AvgIpc) is 3.18. The van der Waals surface area contributed by atoms with Crippen molar-refractivity contribution in [2.45, 2.75) is 31.4 Å². The van der Waals surface area contributed by atoms with Crippen molar-refractivity contribution in [3.05, 3.63) is 47.3 Å². The lowest BCUT2D eigenvalue weighted by atomic mass is 10.1. The van der Waals surface area contributed by atoms with E-state index in [1.807, 2.05) is 32.0 Å². The smallest absolute Gasteiger partial charge is 0.271 e. The van der Waals surface area contributed by atoms with Gasteiger partial charge in [0, 0.05) is 6.92 Å². The van der Waals surface area contributed by atoms with Gasteiger partial charge in [-0.05, 0) is 36.6 Å². The van der Waals surface area contributed by atoms with Crippen LogP contribution in [-0.2, 0) is 16.4 Å². The SMILES string of the molecule is CCc1cccc(C)c1NS(=O)(=O)c1ccc(-c2nnc(C)o2)s1. The van der Waals surface area contributed by atoms with Crippen LogP contribution in [0.25, 0.3) is 10.8 Å². The number of hydrogen-bond donors (Lipinski definition) is 1. The molecule has 2 heterocycles. The summed E-state index contributed by atoms with van der Waals surface area (Å²) in [7, 11) is -3.67. The van der Waals surface area contributed by atoms with Crippen LogP contribution in [-0.4, -0.2) is 18.6 Å². The molecule has 0 atom stereocenters. The van der Waals surface area contributed by atoms with Crippen LogP contribution in [0, 0.1) is 13.8 Å². The molecule has 3 aromatic rings. The van der Waals surface area contributed by atoms with Crippen molar-refractivity contribution in [1.82, 2.24) is 10.2 Å². The number of nitrogens with one attached hydrogen (secondary N) is 1. The number of sulfonamides is 1. The lowest BCUT2D eigenvalue weighted by molar-refractivity contribution is 0.534. The maximum Gasteiger partial charge on any atom is 0.271 e. The minimum atomic E-state index is -3.67. The fraction of sp³-hybridized carbons (Fsp3) is 0.250. The monoisotopic (exact) mass is 363 g/mol. The number of hydrogen-bond acceptors (Lipinski definition) is 6. The fourth-order valence-corrected chi connectivity index (χ4v) is 4.73. The van der Waals surface area contributed by atoms with Gasteiger partial charge >= 0.3 is 0 Å². The summed E-state index contributed by atoms with van der Waals surface area (Å²) in [4.78, 5) is 0.622. The standard InChI is InChI=1S/C16H17N3O3S2/c1-4-12-7-5-6-10(2)15(12)19-24(20,21)14-9-8-13(23-14)16-18-17-11(3)22-16/h5-9,19H,4H2,1-3H3. The van der Waals surface area contributed by atoms with Gasteiger partial charge in [-0.15, -0.1) is 21.5 Å². The Balaban J connectivity index is 1.94. The maximum absolute atomic E-state index is 12.7. The molecule has 0 unspecified atom stereocenters.